The maximum absolute atomic E-state index is 5.43. The molecule has 2 aromatic rings. The molecule has 17 heavy (non-hydrogen) atoms. The fraction of sp³-hybridized carbons (Fsp3) is 0.273. The molecule has 0 bridgehead atoms. The largest absolute Gasteiger partial charge is 0.497 e. The van der Waals surface area contributed by atoms with Crippen molar-refractivity contribution in [2.75, 3.05) is 14.2 Å². The average molecular weight is 252 g/mol. The van der Waals surface area contributed by atoms with E-state index in [9.17, 15) is 0 Å². The summed E-state index contributed by atoms with van der Waals surface area (Å²) in [6, 6.07) is 5.38. The molecule has 0 spiro atoms. The number of nitrogens with zero attached hydrogens (tertiary/aromatic N) is 2. The van der Waals surface area contributed by atoms with E-state index in [0.717, 1.165) is 0 Å². The molecule has 0 fully saturated rings. The summed E-state index contributed by atoms with van der Waals surface area (Å²) in [6.45, 7) is 0. The summed E-state index contributed by atoms with van der Waals surface area (Å²) in [4.78, 5) is 0. The van der Waals surface area contributed by atoms with Crippen molar-refractivity contribution in [1.29, 1.82) is 0 Å². The summed E-state index contributed by atoms with van der Waals surface area (Å²) in [5.74, 6) is 2.61. The molecular weight excluding hydrogens is 240 g/mol. The van der Waals surface area contributed by atoms with Crippen LogP contribution in [0.15, 0.2) is 22.6 Å². The Bertz CT molecular complexity index is 513. The summed E-state index contributed by atoms with van der Waals surface area (Å²) in [5, 5.41) is 7.79. The molecule has 2 rings (SSSR count). The first-order valence-electron chi connectivity index (χ1n) is 4.94. The minimum absolute atomic E-state index is 0.393. The maximum atomic E-state index is 5.43. The Hall–Kier alpha value is -1.69. The van der Waals surface area contributed by atoms with E-state index in [-0.39, 0.29) is 0 Å². The number of ether oxygens (including phenoxy) is 2. The Balaban J connectivity index is 2.47. The zero-order valence-corrected chi connectivity index (χ0v) is 10.4. The standard InChI is InChI=1S/C11H12N2O3S/c1-14-7-3-4-9(15-2)8(5-7)11-13-12-10(6-17)16-11/h3-5,17H,6H2,1-2H3. The molecule has 1 aromatic heterocycles. The molecular formula is C11H12N2O3S. The molecule has 0 aliphatic heterocycles. The number of aromatic nitrogens is 2. The average Bonchev–Trinajstić information content (AvgIpc) is 2.86. The molecule has 0 saturated carbocycles. The lowest BCUT2D eigenvalue weighted by molar-refractivity contribution is 0.402. The van der Waals surface area contributed by atoms with Gasteiger partial charge in [0.15, 0.2) is 0 Å². The van der Waals surface area contributed by atoms with Crippen LogP contribution in [0.1, 0.15) is 5.89 Å². The highest BCUT2D eigenvalue weighted by molar-refractivity contribution is 7.79. The molecule has 1 aromatic carbocycles. The van der Waals surface area contributed by atoms with Gasteiger partial charge in [-0.3, -0.25) is 0 Å². The van der Waals surface area contributed by atoms with Gasteiger partial charge < -0.3 is 13.9 Å². The van der Waals surface area contributed by atoms with Crippen molar-refractivity contribution in [1.82, 2.24) is 10.2 Å². The number of rotatable bonds is 4. The van der Waals surface area contributed by atoms with Crippen molar-refractivity contribution < 1.29 is 13.9 Å². The quantitative estimate of drug-likeness (QED) is 0.845. The van der Waals surface area contributed by atoms with Crippen molar-refractivity contribution in [2.24, 2.45) is 0 Å². The SMILES string of the molecule is COc1ccc(OC)c(-c2nnc(CS)o2)c1. The van der Waals surface area contributed by atoms with Gasteiger partial charge in [-0.15, -0.1) is 10.2 Å². The van der Waals surface area contributed by atoms with E-state index >= 15 is 0 Å². The number of thiol groups is 1. The van der Waals surface area contributed by atoms with E-state index < -0.39 is 0 Å². The van der Waals surface area contributed by atoms with Crippen LogP contribution in [0, 0.1) is 0 Å². The molecule has 0 unspecified atom stereocenters. The van der Waals surface area contributed by atoms with Gasteiger partial charge in [0.2, 0.25) is 5.89 Å². The van der Waals surface area contributed by atoms with E-state index in [4.69, 9.17) is 13.9 Å². The first-order valence-corrected chi connectivity index (χ1v) is 5.57. The zero-order chi connectivity index (χ0) is 12.3. The second-order valence-corrected chi connectivity index (χ2v) is 3.54. The van der Waals surface area contributed by atoms with E-state index in [0.29, 0.717) is 34.6 Å². The molecule has 1 heterocycles. The minimum atomic E-state index is 0.393. The van der Waals surface area contributed by atoms with Crippen molar-refractivity contribution in [2.45, 2.75) is 5.75 Å². The number of hydrogen-bond acceptors (Lipinski definition) is 6. The van der Waals surface area contributed by atoms with Crippen molar-refractivity contribution in [3.05, 3.63) is 24.1 Å². The monoisotopic (exact) mass is 252 g/mol. The molecule has 90 valence electrons. The highest BCUT2D eigenvalue weighted by atomic mass is 32.1. The van der Waals surface area contributed by atoms with E-state index in [2.05, 4.69) is 22.8 Å². The predicted molar refractivity (Wildman–Crippen MR) is 65.5 cm³/mol. The normalized spacial score (nSPS) is 10.3. The molecule has 0 amide bonds. The number of methoxy groups -OCH3 is 2. The third-order valence-corrected chi connectivity index (χ3v) is 2.51. The number of benzene rings is 1. The Morgan fingerprint density at radius 1 is 1.24 bits per heavy atom. The van der Waals surface area contributed by atoms with Gasteiger partial charge in [0.05, 0.1) is 25.5 Å². The van der Waals surface area contributed by atoms with Gasteiger partial charge in [-0.1, -0.05) is 0 Å². The van der Waals surface area contributed by atoms with E-state index in [1.54, 1.807) is 32.4 Å². The molecule has 6 heteroatoms. The number of hydrogen-bond donors (Lipinski definition) is 1. The van der Waals surface area contributed by atoms with Gasteiger partial charge in [-0.2, -0.15) is 12.6 Å². The lowest BCUT2D eigenvalue weighted by Gasteiger charge is -2.06. The summed E-state index contributed by atoms with van der Waals surface area (Å²) in [6.07, 6.45) is 0. The maximum Gasteiger partial charge on any atom is 0.251 e. The summed E-state index contributed by atoms with van der Waals surface area (Å²) in [7, 11) is 3.18. The molecule has 0 aliphatic rings. The van der Waals surface area contributed by atoms with Crippen LogP contribution in [0.25, 0.3) is 11.5 Å². The molecule has 0 radical (unpaired) electrons. The molecule has 0 aliphatic carbocycles. The summed E-state index contributed by atoms with van der Waals surface area (Å²) in [5.41, 5.74) is 0.701. The van der Waals surface area contributed by atoms with Crippen LogP contribution in [-0.4, -0.2) is 24.4 Å². The molecule has 0 atom stereocenters. The van der Waals surface area contributed by atoms with Crippen molar-refractivity contribution >= 4 is 12.6 Å². The zero-order valence-electron chi connectivity index (χ0n) is 9.51. The van der Waals surface area contributed by atoms with Gasteiger partial charge in [0.25, 0.3) is 5.89 Å². The highest BCUT2D eigenvalue weighted by Gasteiger charge is 2.14. The van der Waals surface area contributed by atoms with Crippen LogP contribution < -0.4 is 9.47 Å². The van der Waals surface area contributed by atoms with Crippen LogP contribution in [0.5, 0.6) is 11.5 Å². The van der Waals surface area contributed by atoms with Crippen LogP contribution in [-0.2, 0) is 5.75 Å². The van der Waals surface area contributed by atoms with Crippen molar-refractivity contribution in [3.63, 3.8) is 0 Å². The molecule has 0 saturated heterocycles. The van der Waals surface area contributed by atoms with Crippen LogP contribution >= 0.6 is 12.6 Å². The Kier molecular flexibility index (Phi) is 3.53. The molecule has 0 N–H and O–H groups in total. The second kappa shape index (κ2) is 5.09. The highest BCUT2D eigenvalue weighted by Crippen LogP contribution is 2.32. The summed E-state index contributed by atoms with van der Waals surface area (Å²) >= 11 is 4.07. The van der Waals surface area contributed by atoms with Gasteiger partial charge in [-0.25, -0.2) is 0 Å². The lowest BCUT2D eigenvalue weighted by atomic mass is 10.2. The van der Waals surface area contributed by atoms with E-state index in [1.165, 1.54) is 0 Å². The van der Waals surface area contributed by atoms with Gasteiger partial charge in [0.1, 0.15) is 11.5 Å². The van der Waals surface area contributed by atoms with E-state index in [1.807, 2.05) is 0 Å². The van der Waals surface area contributed by atoms with Crippen LogP contribution in [0.3, 0.4) is 0 Å². The summed E-state index contributed by atoms with van der Waals surface area (Å²) < 4.78 is 15.8. The minimum Gasteiger partial charge on any atom is -0.497 e. The lowest BCUT2D eigenvalue weighted by Crippen LogP contribution is -1.90. The third kappa shape index (κ3) is 2.36. The Labute approximate surface area is 104 Å². The topological polar surface area (TPSA) is 57.4 Å². The third-order valence-electron chi connectivity index (χ3n) is 2.24. The fourth-order valence-corrected chi connectivity index (χ4v) is 1.54. The predicted octanol–water partition coefficient (Wildman–Crippen LogP) is 2.18. The Morgan fingerprint density at radius 2 is 2.06 bits per heavy atom. The molecule has 5 nitrogen and oxygen atoms in total. The fourth-order valence-electron chi connectivity index (χ4n) is 1.41. The Morgan fingerprint density at radius 3 is 2.65 bits per heavy atom. The first kappa shape index (κ1) is 11.8. The smallest absolute Gasteiger partial charge is 0.251 e. The van der Waals surface area contributed by atoms with Crippen molar-refractivity contribution in [3.8, 4) is 23.0 Å². The van der Waals surface area contributed by atoms with Gasteiger partial charge in [0, 0.05) is 0 Å². The first-order chi connectivity index (χ1) is 8.28. The van der Waals surface area contributed by atoms with Gasteiger partial charge >= 0.3 is 0 Å². The van der Waals surface area contributed by atoms with Crippen LogP contribution in [0.2, 0.25) is 0 Å². The van der Waals surface area contributed by atoms with Crippen LogP contribution in [0.4, 0.5) is 0 Å². The second-order valence-electron chi connectivity index (χ2n) is 3.23. The van der Waals surface area contributed by atoms with Gasteiger partial charge in [-0.05, 0) is 18.2 Å².